The molecule has 0 fully saturated rings. The van der Waals surface area contributed by atoms with Crippen LogP contribution in [0.1, 0.15) is 11.4 Å². The van der Waals surface area contributed by atoms with Gasteiger partial charge in [-0.05, 0) is 54.6 Å². The Kier molecular flexibility index (Phi) is 5.36. The lowest BCUT2D eigenvalue weighted by atomic mass is 10.2. The Labute approximate surface area is 180 Å². The van der Waals surface area contributed by atoms with Crippen molar-refractivity contribution in [3.8, 4) is 11.8 Å². The third kappa shape index (κ3) is 3.96. The van der Waals surface area contributed by atoms with Gasteiger partial charge in [0.1, 0.15) is 18.2 Å². The van der Waals surface area contributed by atoms with E-state index in [9.17, 15) is 8.42 Å². The molecule has 0 saturated heterocycles. The number of nitriles is 1. The van der Waals surface area contributed by atoms with Crippen molar-refractivity contribution in [3.05, 3.63) is 84.2 Å². The van der Waals surface area contributed by atoms with Crippen LogP contribution in [0.2, 0.25) is 0 Å². The second-order valence-corrected chi connectivity index (χ2v) is 8.94. The second kappa shape index (κ2) is 8.13. The highest BCUT2D eigenvalue weighted by molar-refractivity contribution is 7.92. The van der Waals surface area contributed by atoms with Gasteiger partial charge < -0.3 is 9.30 Å². The second-order valence-electron chi connectivity index (χ2n) is 6.97. The van der Waals surface area contributed by atoms with Crippen molar-refractivity contribution in [1.29, 1.82) is 5.26 Å². The van der Waals surface area contributed by atoms with E-state index in [0.717, 1.165) is 5.52 Å². The first-order valence-electron chi connectivity index (χ1n) is 9.52. The van der Waals surface area contributed by atoms with Crippen molar-refractivity contribution >= 4 is 26.7 Å². The fourth-order valence-electron chi connectivity index (χ4n) is 3.23. The van der Waals surface area contributed by atoms with Gasteiger partial charge in [0.25, 0.3) is 10.0 Å². The maximum absolute atomic E-state index is 13.1. The Balaban J connectivity index is 1.60. The molecule has 4 rings (SSSR count). The van der Waals surface area contributed by atoms with Crippen LogP contribution < -0.4 is 9.04 Å². The number of aromatic nitrogens is 2. The molecule has 0 amide bonds. The number of benzene rings is 3. The molecule has 0 aliphatic carbocycles. The summed E-state index contributed by atoms with van der Waals surface area (Å²) < 4.78 is 35.1. The molecule has 4 aromatic rings. The van der Waals surface area contributed by atoms with Crippen molar-refractivity contribution in [2.45, 2.75) is 11.5 Å². The van der Waals surface area contributed by atoms with Gasteiger partial charge in [-0.1, -0.05) is 18.2 Å². The first kappa shape index (κ1) is 20.4. The lowest BCUT2D eigenvalue weighted by Crippen LogP contribution is -2.26. The number of anilines is 1. The maximum atomic E-state index is 13.1. The fraction of sp³-hybridized carbons (Fsp3) is 0.130. The average Bonchev–Trinajstić information content (AvgIpc) is 3.13. The molecule has 156 valence electrons. The standard InChI is InChI=1S/C23H20N4O3S/c1-26-22-13-12-20(31(28,29)27(2)18-6-4-3-5-7-18)14-21(22)25-23(26)16-30-19-10-8-17(15-24)9-11-19/h3-14H,16H2,1-2H3. The van der Waals surface area contributed by atoms with Gasteiger partial charge in [-0.2, -0.15) is 5.26 Å². The summed E-state index contributed by atoms with van der Waals surface area (Å²) in [6, 6.07) is 22.7. The van der Waals surface area contributed by atoms with E-state index in [1.54, 1.807) is 66.7 Å². The molecule has 0 atom stereocenters. The van der Waals surface area contributed by atoms with Crippen molar-refractivity contribution in [2.75, 3.05) is 11.4 Å². The molecule has 0 aliphatic heterocycles. The number of aryl methyl sites for hydroxylation is 1. The molecular formula is C23H20N4O3S. The molecule has 0 bridgehead atoms. The predicted molar refractivity (Wildman–Crippen MR) is 118 cm³/mol. The molecule has 31 heavy (non-hydrogen) atoms. The zero-order valence-corrected chi connectivity index (χ0v) is 17.9. The molecule has 0 aliphatic rings. The van der Waals surface area contributed by atoms with Crippen molar-refractivity contribution in [1.82, 2.24) is 9.55 Å². The lowest BCUT2D eigenvalue weighted by molar-refractivity contribution is 0.292. The number of nitrogens with zero attached hydrogens (tertiary/aromatic N) is 4. The van der Waals surface area contributed by atoms with Gasteiger partial charge in [0, 0.05) is 14.1 Å². The molecule has 3 aromatic carbocycles. The molecule has 7 nitrogen and oxygen atoms in total. The zero-order valence-electron chi connectivity index (χ0n) is 17.1. The van der Waals surface area contributed by atoms with Gasteiger partial charge >= 0.3 is 0 Å². The number of fused-ring (bicyclic) bond motifs is 1. The van der Waals surface area contributed by atoms with E-state index in [2.05, 4.69) is 11.1 Å². The SMILES string of the molecule is CN(c1ccccc1)S(=O)(=O)c1ccc2c(c1)nc(COc1ccc(C#N)cc1)n2C. The molecule has 8 heteroatoms. The highest BCUT2D eigenvalue weighted by atomic mass is 32.2. The number of rotatable bonds is 6. The molecule has 0 radical (unpaired) electrons. The minimum atomic E-state index is -3.72. The Hall–Kier alpha value is -3.83. The van der Waals surface area contributed by atoms with Crippen LogP contribution in [0.5, 0.6) is 5.75 Å². The normalized spacial score (nSPS) is 11.3. The Morgan fingerprint density at radius 2 is 1.77 bits per heavy atom. The first-order valence-corrected chi connectivity index (χ1v) is 11.0. The number of hydrogen-bond donors (Lipinski definition) is 0. The van der Waals surface area contributed by atoms with E-state index in [0.29, 0.717) is 28.3 Å². The van der Waals surface area contributed by atoms with E-state index >= 15 is 0 Å². The highest BCUT2D eigenvalue weighted by Gasteiger charge is 2.22. The molecule has 0 N–H and O–H groups in total. The molecule has 1 heterocycles. The van der Waals surface area contributed by atoms with E-state index in [-0.39, 0.29) is 11.5 Å². The van der Waals surface area contributed by atoms with Gasteiger partial charge in [-0.25, -0.2) is 13.4 Å². The Morgan fingerprint density at radius 3 is 2.45 bits per heavy atom. The summed E-state index contributed by atoms with van der Waals surface area (Å²) in [5.74, 6) is 1.28. The summed E-state index contributed by atoms with van der Waals surface area (Å²) in [5, 5.41) is 8.88. The smallest absolute Gasteiger partial charge is 0.264 e. The molecule has 1 aromatic heterocycles. The van der Waals surface area contributed by atoms with Crippen LogP contribution in [0.15, 0.2) is 77.7 Å². The summed E-state index contributed by atoms with van der Waals surface area (Å²) in [6.07, 6.45) is 0. The number of ether oxygens (including phenoxy) is 1. The number of para-hydroxylation sites is 1. The van der Waals surface area contributed by atoms with E-state index in [1.165, 1.54) is 11.4 Å². The van der Waals surface area contributed by atoms with Gasteiger partial charge in [0.05, 0.1) is 33.2 Å². The van der Waals surface area contributed by atoms with Crippen molar-refractivity contribution in [3.63, 3.8) is 0 Å². The van der Waals surface area contributed by atoms with Crippen LogP contribution in [0.25, 0.3) is 11.0 Å². The van der Waals surface area contributed by atoms with E-state index in [1.807, 2.05) is 17.7 Å². The van der Waals surface area contributed by atoms with Gasteiger partial charge in [0.15, 0.2) is 0 Å². The minimum absolute atomic E-state index is 0.170. The number of imidazole rings is 1. The predicted octanol–water partition coefficient (Wildman–Crippen LogP) is 3.85. The Bertz CT molecular complexity index is 1370. The number of hydrogen-bond acceptors (Lipinski definition) is 5. The quantitative estimate of drug-likeness (QED) is 0.462. The van der Waals surface area contributed by atoms with Crippen molar-refractivity contribution in [2.24, 2.45) is 7.05 Å². The molecule has 0 spiro atoms. The van der Waals surface area contributed by atoms with Crippen LogP contribution >= 0.6 is 0 Å². The summed E-state index contributed by atoms with van der Waals surface area (Å²) >= 11 is 0. The van der Waals surface area contributed by atoms with Crippen LogP contribution in [0, 0.1) is 11.3 Å². The lowest BCUT2D eigenvalue weighted by Gasteiger charge is -2.19. The topological polar surface area (TPSA) is 88.2 Å². The van der Waals surface area contributed by atoms with Gasteiger partial charge in [-0.15, -0.1) is 0 Å². The number of sulfonamides is 1. The average molecular weight is 433 g/mol. The molecule has 0 saturated carbocycles. The monoisotopic (exact) mass is 432 g/mol. The summed E-state index contributed by atoms with van der Waals surface area (Å²) in [7, 11) is -0.332. The van der Waals surface area contributed by atoms with E-state index < -0.39 is 10.0 Å². The molecule has 0 unspecified atom stereocenters. The molecular weight excluding hydrogens is 412 g/mol. The summed E-state index contributed by atoms with van der Waals surface area (Å²) in [6.45, 7) is 0.211. The zero-order chi connectivity index (χ0) is 22.0. The largest absolute Gasteiger partial charge is 0.486 e. The van der Waals surface area contributed by atoms with E-state index in [4.69, 9.17) is 10.00 Å². The minimum Gasteiger partial charge on any atom is -0.486 e. The van der Waals surface area contributed by atoms with Crippen LogP contribution in [0.4, 0.5) is 5.69 Å². The van der Waals surface area contributed by atoms with Crippen LogP contribution in [-0.4, -0.2) is 25.0 Å². The van der Waals surface area contributed by atoms with Crippen molar-refractivity contribution < 1.29 is 13.2 Å². The highest BCUT2D eigenvalue weighted by Crippen LogP contribution is 2.25. The first-order chi connectivity index (χ1) is 14.9. The maximum Gasteiger partial charge on any atom is 0.264 e. The Morgan fingerprint density at radius 1 is 1.06 bits per heavy atom. The van der Waals surface area contributed by atoms with Crippen LogP contribution in [-0.2, 0) is 23.7 Å². The van der Waals surface area contributed by atoms with Gasteiger partial charge in [0.2, 0.25) is 0 Å². The third-order valence-electron chi connectivity index (χ3n) is 5.07. The summed E-state index contributed by atoms with van der Waals surface area (Å²) in [5.41, 5.74) is 2.52. The van der Waals surface area contributed by atoms with Gasteiger partial charge in [-0.3, -0.25) is 4.31 Å². The third-order valence-corrected chi connectivity index (χ3v) is 6.86. The van der Waals surface area contributed by atoms with Crippen LogP contribution in [0.3, 0.4) is 0 Å². The fourth-order valence-corrected chi connectivity index (χ4v) is 4.44. The summed E-state index contributed by atoms with van der Waals surface area (Å²) in [4.78, 5) is 4.74.